The molecule has 0 unspecified atom stereocenters. The SMILES string of the molecule is CO[C@H]1CN(C(=O)COc2cccc(Cl)c2)C[C@H]1Cc1cc(C)no1. The van der Waals surface area contributed by atoms with Crippen LogP contribution < -0.4 is 4.74 Å². The lowest BCUT2D eigenvalue weighted by molar-refractivity contribution is -0.132. The Morgan fingerprint density at radius 3 is 2.92 bits per heavy atom. The second-order valence-electron chi connectivity index (χ2n) is 6.22. The van der Waals surface area contributed by atoms with E-state index in [-0.39, 0.29) is 24.5 Å². The van der Waals surface area contributed by atoms with Crippen LogP contribution in [0, 0.1) is 12.8 Å². The molecule has 1 aliphatic rings. The van der Waals surface area contributed by atoms with Crippen LogP contribution in [-0.2, 0) is 16.0 Å². The Balaban J connectivity index is 1.56. The van der Waals surface area contributed by atoms with Crippen LogP contribution in [0.1, 0.15) is 11.5 Å². The van der Waals surface area contributed by atoms with Crippen LogP contribution in [0.5, 0.6) is 5.75 Å². The molecule has 3 rings (SSSR count). The number of methoxy groups -OCH3 is 1. The summed E-state index contributed by atoms with van der Waals surface area (Å²) in [5.41, 5.74) is 0.852. The number of benzene rings is 1. The molecule has 0 bridgehead atoms. The van der Waals surface area contributed by atoms with Crippen molar-refractivity contribution in [2.24, 2.45) is 5.92 Å². The van der Waals surface area contributed by atoms with Gasteiger partial charge in [0.2, 0.25) is 0 Å². The van der Waals surface area contributed by atoms with Gasteiger partial charge in [0.1, 0.15) is 11.5 Å². The minimum atomic E-state index is -0.0710. The highest BCUT2D eigenvalue weighted by Crippen LogP contribution is 2.24. The van der Waals surface area contributed by atoms with Crippen molar-refractivity contribution in [2.75, 3.05) is 26.8 Å². The minimum absolute atomic E-state index is 0.0229. The lowest BCUT2D eigenvalue weighted by Gasteiger charge is -2.16. The highest BCUT2D eigenvalue weighted by atomic mass is 35.5. The van der Waals surface area contributed by atoms with Crippen LogP contribution in [0.4, 0.5) is 0 Å². The number of amides is 1. The van der Waals surface area contributed by atoms with E-state index in [1.54, 1.807) is 36.3 Å². The molecule has 1 aromatic heterocycles. The average molecular weight is 365 g/mol. The average Bonchev–Trinajstić information content (AvgIpc) is 3.19. The molecule has 2 aromatic rings. The summed E-state index contributed by atoms with van der Waals surface area (Å²) in [6.07, 6.45) is 0.665. The molecular formula is C18H21ClN2O4. The van der Waals surface area contributed by atoms with Gasteiger partial charge in [0.25, 0.3) is 5.91 Å². The lowest BCUT2D eigenvalue weighted by Crippen LogP contribution is -2.34. The first-order valence-electron chi connectivity index (χ1n) is 8.16. The highest BCUT2D eigenvalue weighted by Gasteiger charge is 2.36. The fraction of sp³-hybridized carbons (Fsp3) is 0.444. The van der Waals surface area contributed by atoms with Gasteiger partial charge in [0.15, 0.2) is 6.61 Å². The van der Waals surface area contributed by atoms with Gasteiger partial charge in [-0.15, -0.1) is 0 Å². The van der Waals surface area contributed by atoms with E-state index < -0.39 is 0 Å². The summed E-state index contributed by atoms with van der Waals surface area (Å²) in [7, 11) is 1.67. The number of nitrogens with zero attached hydrogens (tertiary/aromatic N) is 2. The van der Waals surface area contributed by atoms with Crippen LogP contribution in [0.25, 0.3) is 0 Å². The van der Waals surface area contributed by atoms with Gasteiger partial charge >= 0.3 is 0 Å². The van der Waals surface area contributed by atoms with Crippen LogP contribution in [0.2, 0.25) is 5.02 Å². The van der Waals surface area contributed by atoms with Crippen molar-refractivity contribution < 1.29 is 18.8 Å². The quantitative estimate of drug-likeness (QED) is 0.788. The first-order valence-corrected chi connectivity index (χ1v) is 8.54. The normalized spacial score (nSPS) is 20.0. The second kappa shape index (κ2) is 7.89. The van der Waals surface area contributed by atoms with Gasteiger partial charge in [-0.3, -0.25) is 4.79 Å². The van der Waals surface area contributed by atoms with Gasteiger partial charge in [-0.05, 0) is 25.1 Å². The fourth-order valence-corrected chi connectivity index (χ4v) is 3.25. The van der Waals surface area contributed by atoms with E-state index in [9.17, 15) is 4.79 Å². The number of carbonyl (C=O) groups is 1. The molecule has 2 atom stereocenters. The van der Waals surface area contributed by atoms with E-state index in [0.29, 0.717) is 30.3 Å². The zero-order valence-corrected chi connectivity index (χ0v) is 15.0. The maximum absolute atomic E-state index is 12.4. The van der Waals surface area contributed by atoms with E-state index in [2.05, 4.69) is 5.16 Å². The molecular weight excluding hydrogens is 344 g/mol. The molecule has 2 heterocycles. The number of likely N-dealkylation sites (tertiary alicyclic amines) is 1. The van der Waals surface area contributed by atoms with E-state index in [0.717, 1.165) is 11.5 Å². The third kappa shape index (κ3) is 4.52. The van der Waals surface area contributed by atoms with Crippen molar-refractivity contribution in [1.82, 2.24) is 10.1 Å². The van der Waals surface area contributed by atoms with Crippen molar-refractivity contribution >= 4 is 17.5 Å². The second-order valence-corrected chi connectivity index (χ2v) is 6.65. The minimum Gasteiger partial charge on any atom is -0.484 e. The first kappa shape index (κ1) is 17.8. The molecule has 0 saturated carbocycles. The van der Waals surface area contributed by atoms with Crippen LogP contribution in [0.3, 0.4) is 0 Å². The van der Waals surface area contributed by atoms with Crippen molar-refractivity contribution in [3.05, 3.63) is 46.8 Å². The largest absolute Gasteiger partial charge is 0.484 e. The molecule has 6 nitrogen and oxygen atoms in total. The number of aryl methyl sites for hydroxylation is 1. The maximum atomic E-state index is 12.4. The van der Waals surface area contributed by atoms with Crippen molar-refractivity contribution in [3.63, 3.8) is 0 Å². The molecule has 0 radical (unpaired) electrons. The van der Waals surface area contributed by atoms with Gasteiger partial charge in [-0.25, -0.2) is 0 Å². The third-order valence-corrected chi connectivity index (χ3v) is 4.57. The van der Waals surface area contributed by atoms with Crippen molar-refractivity contribution in [3.8, 4) is 5.75 Å². The van der Waals surface area contributed by atoms with Crippen molar-refractivity contribution in [2.45, 2.75) is 19.4 Å². The number of rotatable bonds is 6. The number of ether oxygens (including phenoxy) is 2. The van der Waals surface area contributed by atoms with Crippen molar-refractivity contribution in [1.29, 1.82) is 0 Å². The van der Waals surface area contributed by atoms with E-state index in [4.69, 9.17) is 25.6 Å². The van der Waals surface area contributed by atoms with Crippen LogP contribution >= 0.6 is 11.6 Å². The van der Waals surface area contributed by atoms with E-state index in [1.165, 1.54) is 0 Å². The number of aromatic nitrogens is 1. The predicted molar refractivity (Wildman–Crippen MR) is 92.8 cm³/mol. The van der Waals surface area contributed by atoms with E-state index >= 15 is 0 Å². The molecule has 1 aliphatic heterocycles. The molecule has 0 N–H and O–H groups in total. The highest BCUT2D eigenvalue weighted by molar-refractivity contribution is 6.30. The summed E-state index contributed by atoms with van der Waals surface area (Å²) in [5, 5.41) is 4.48. The Hall–Kier alpha value is -2.05. The maximum Gasteiger partial charge on any atom is 0.260 e. The summed E-state index contributed by atoms with van der Waals surface area (Å²) in [5.74, 6) is 1.50. The number of hydrogen-bond acceptors (Lipinski definition) is 5. The Morgan fingerprint density at radius 1 is 1.40 bits per heavy atom. The molecule has 25 heavy (non-hydrogen) atoms. The molecule has 7 heteroatoms. The standard InChI is InChI=1S/C18H21ClN2O4/c1-12-6-16(25-20-12)7-13-9-21(10-17(13)23-2)18(22)11-24-15-5-3-4-14(19)8-15/h3-6,8,13,17H,7,9-11H2,1-2H3/t13-,17+/m1/s1. The number of carbonyl (C=O) groups excluding carboxylic acids is 1. The molecule has 0 aliphatic carbocycles. The zero-order valence-electron chi connectivity index (χ0n) is 14.3. The van der Waals surface area contributed by atoms with Gasteiger partial charge in [0, 0.05) is 43.6 Å². The van der Waals surface area contributed by atoms with Gasteiger partial charge in [-0.2, -0.15) is 0 Å². The summed E-state index contributed by atoms with van der Waals surface area (Å²) in [6, 6.07) is 8.92. The van der Waals surface area contributed by atoms with Gasteiger partial charge in [-0.1, -0.05) is 22.8 Å². The Kier molecular flexibility index (Phi) is 5.60. The number of halogens is 1. The molecule has 1 fully saturated rings. The summed E-state index contributed by atoms with van der Waals surface area (Å²) in [4.78, 5) is 14.2. The lowest BCUT2D eigenvalue weighted by atomic mass is 10.0. The Labute approximate surface area is 151 Å². The third-order valence-electron chi connectivity index (χ3n) is 4.33. The topological polar surface area (TPSA) is 64.8 Å². The molecule has 1 amide bonds. The fourth-order valence-electron chi connectivity index (χ4n) is 3.07. The molecule has 134 valence electrons. The Morgan fingerprint density at radius 2 is 2.24 bits per heavy atom. The predicted octanol–water partition coefficient (Wildman–Crippen LogP) is 2.73. The molecule has 1 saturated heterocycles. The van der Waals surface area contributed by atoms with Gasteiger partial charge in [0.05, 0.1) is 11.8 Å². The first-order chi connectivity index (χ1) is 12.0. The Bertz CT molecular complexity index is 733. The summed E-state index contributed by atoms with van der Waals surface area (Å²) >= 11 is 5.92. The smallest absolute Gasteiger partial charge is 0.260 e. The van der Waals surface area contributed by atoms with Gasteiger partial charge < -0.3 is 18.9 Å². The summed E-state index contributed by atoms with van der Waals surface area (Å²) < 4.78 is 16.4. The monoisotopic (exact) mass is 364 g/mol. The summed E-state index contributed by atoms with van der Waals surface area (Å²) in [6.45, 7) is 3.02. The van der Waals surface area contributed by atoms with E-state index in [1.807, 2.05) is 13.0 Å². The van der Waals surface area contributed by atoms with Crippen LogP contribution in [-0.4, -0.2) is 48.9 Å². The van der Waals surface area contributed by atoms with Crippen LogP contribution in [0.15, 0.2) is 34.9 Å². The zero-order chi connectivity index (χ0) is 17.8. The number of hydrogen-bond donors (Lipinski definition) is 0. The molecule has 1 aromatic carbocycles. The molecule has 0 spiro atoms.